The first-order valence-corrected chi connectivity index (χ1v) is 9.87. The van der Waals surface area contributed by atoms with Gasteiger partial charge in [-0.3, -0.25) is 9.36 Å². The van der Waals surface area contributed by atoms with Crippen molar-refractivity contribution in [3.05, 3.63) is 36.9 Å². The van der Waals surface area contributed by atoms with Crippen LogP contribution in [0.2, 0.25) is 0 Å². The van der Waals surface area contributed by atoms with Crippen molar-refractivity contribution in [2.75, 3.05) is 12.9 Å². The lowest BCUT2D eigenvalue weighted by Gasteiger charge is -2.27. The van der Waals surface area contributed by atoms with E-state index in [9.17, 15) is 10.1 Å². The van der Waals surface area contributed by atoms with Crippen molar-refractivity contribution in [2.45, 2.75) is 38.0 Å². The maximum atomic E-state index is 12.4. The third kappa shape index (κ3) is 4.73. The van der Waals surface area contributed by atoms with E-state index in [4.69, 9.17) is 4.74 Å². The molecular formula is C20H25N5O2S. The van der Waals surface area contributed by atoms with E-state index in [1.54, 1.807) is 20.1 Å². The summed E-state index contributed by atoms with van der Waals surface area (Å²) in [6, 6.07) is 9.73. The van der Waals surface area contributed by atoms with Crippen LogP contribution in [-0.2, 0) is 11.3 Å². The highest BCUT2D eigenvalue weighted by Gasteiger charge is 2.30. The van der Waals surface area contributed by atoms with Crippen LogP contribution in [0.1, 0.15) is 20.8 Å². The van der Waals surface area contributed by atoms with Gasteiger partial charge in [0.1, 0.15) is 11.3 Å². The van der Waals surface area contributed by atoms with E-state index < -0.39 is 5.54 Å². The zero-order valence-electron chi connectivity index (χ0n) is 16.6. The van der Waals surface area contributed by atoms with Gasteiger partial charge in [-0.1, -0.05) is 43.8 Å². The zero-order chi connectivity index (χ0) is 20.7. The maximum Gasteiger partial charge on any atom is 0.231 e. The Bertz CT molecular complexity index is 887. The molecule has 8 heteroatoms. The lowest BCUT2D eigenvalue weighted by molar-refractivity contribution is -0.120. The zero-order valence-corrected chi connectivity index (χ0v) is 17.4. The Labute approximate surface area is 169 Å². The number of nitrogens with one attached hydrogen (secondary N) is 1. The molecule has 1 heterocycles. The van der Waals surface area contributed by atoms with Gasteiger partial charge in [0.2, 0.25) is 5.91 Å². The molecule has 0 aliphatic carbocycles. The monoisotopic (exact) mass is 399 g/mol. The first-order valence-electron chi connectivity index (χ1n) is 8.88. The Kier molecular flexibility index (Phi) is 7.24. The summed E-state index contributed by atoms with van der Waals surface area (Å²) in [5, 5.41) is 21.3. The van der Waals surface area contributed by atoms with Crippen molar-refractivity contribution >= 4 is 17.7 Å². The number of allylic oxidation sites excluding steroid dienone is 1. The number of carbonyl (C=O) groups is 1. The van der Waals surface area contributed by atoms with Crippen LogP contribution in [0.15, 0.2) is 42.1 Å². The minimum atomic E-state index is -0.908. The van der Waals surface area contributed by atoms with Crippen LogP contribution in [0.4, 0.5) is 0 Å². The van der Waals surface area contributed by atoms with E-state index in [2.05, 4.69) is 28.2 Å². The second-order valence-electron chi connectivity index (χ2n) is 6.71. The Morgan fingerprint density at radius 2 is 2.18 bits per heavy atom. The number of benzene rings is 1. The van der Waals surface area contributed by atoms with Gasteiger partial charge in [-0.15, -0.1) is 16.8 Å². The number of amides is 1. The first-order chi connectivity index (χ1) is 13.4. The summed E-state index contributed by atoms with van der Waals surface area (Å²) in [5.74, 6) is 1.23. The second-order valence-corrected chi connectivity index (χ2v) is 7.65. The standard InChI is InChI=1S/C20H25N5O2S/c1-6-11-25-18(15-9-7-8-10-16(15)27-5)23-24-19(25)28-12-17(26)22-20(4,13-21)14(2)3/h6-10,14H,1,11-12H2,2-5H3,(H,22,26)/t20-/m0/s1. The van der Waals surface area contributed by atoms with Crippen molar-refractivity contribution in [3.8, 4) is 23.2 Å². The van der Waals surface area contributed by atoms with Crippen LogP contribution in [0.3, 0.4) is 0 Å². The number of rotatable bonds is 9. The average Bonchev–Trinajstić information content (AvgIpc) is 3.08. The highest BCUT2D eigenvalue weighted by molar-refractivity contribution is 7.99. The summed E-state index contributed by atoms with van der Waals surface area (Å²) in [5.41, 5.74) is -0.0952. The fourth-order valence-corrected chi connectivity index (χ4v) is 3.22. The minimum Gasteiger partial charge on any atom is -0.496 e. The molecule has 1 aromatic heterocycles. The molecule has 28 heavy (non-hydrogen) atoms. The van der Waals surface area contributed by atoms with Crippen LogP contribution in [0.25, 0.3) is 11.4 Å². The third-order valence-corrected chi connectivity index (χ3v) is 5.46. The summed E-state index contributed by atoms with van der Waals surface area (Å²) < 4.78 is 7.31. The van der Waals surface area contributed by atoms with Gasteiger partial charge in [0.25, 0.3) is 0 Å². The van der Waals surface area contributed by atoms with Crippen molar-refractivity contribution in [1.29, 1.82) is 5.26 Å². The van der Waals surface area contributed by atoms with E-state index >= 15 is 0 Å². The van der Waals surface area contributed by atoms with Crippen molar-refractivity contribution in [1.82, 2.24) is 20.1 Å². The number of ether oxygens (including phenoxy) is 1. The summed E-state index contributed by atoms with van der Waals surface area (Å²) in [6.07, 6.45) is 1.75. The largest absolute Gasteiger partial charge is 0.496 e. The number of methoxy groups -OCH3 is 1. The van der Waals surface area contributed by atoms with Gasteiger partial charge in [0, 0.05) is 6.54 Å². The molecule has 2 rings (SSSR count). The van der Waals surface area contributed by atoms with Crippen LogP contribution >= 0.6 is 11.8 Å². The highest BCUT2D eigenvalue weighted by Crippen LogP contribution is 2.31. The molecule has 0 aliphatic heterocycles. The van der Waals surface area contributed by atoms with E-state index in [0.717, 1.165) is 5.56 Å². The molecule has 0 spiro atoms. The second kappa shape index (κ2) is 9.42. The third-order valence-electron chi connectivity index (χ3n) is 4.49. The van der Waals surface area contributed by atoms with Gasteiger partial charge >= 0.3 is 0 Å². The molecule has 0 bridgehead atoms. The number of para-hydroxylation sites is 1. The number of carbonyl (C=O) groups excluding carboxylic acids is 1. The molecule has 1 amide bonds. The molecule has 0 unspecified atom stereocenters. The van der Waals surface area contributed by atoms with Gasteiger partial charge in [0.05, 0.1) is 24.5 Å². The summed E-state index contributed by atoms with van der Waals surface area (Å²) in [6.45, 7) is 9.81. The average molecular weight is 400 g/mol. The topological polar surface area (TPSA) is 92.8 Å². The Morgan fingerprint density at radius 3 is 2.79 bits per heavy atom. The number of hydrogen-bond donors (Lipinski definition) is 1. The molecule has 148 valence electrons. The Morgan fingerprint density at radius 1 is 1.46 bits per heavy atom. The molecule has 1 aromatic carbocycles. The van der Waals surface area contributed by atoms with Crippen molar-refractivity contribution in [2.24, 2.45) is 5.92 Å². The highest BCUT2D eigenvalue weighted by atomic mass is 32.2. The molecule has 1 atom stereocenters. The fourth-order valence-electron chi connectivity index (χ4n) is 2.47. The molecule has 0 fully saturated rings. The van der Waals surface area contributed by atoms with E-state index in [1.807, 2.05) is 42.7 Å². The van der Waals surface area contributed by atoms with Crippen LogP contribution in [0, 0.1) is 17.2 Å². The number of aromatic nitrogens is 3. The first kappa shape index (κ1) is 21.5. The van der Waals surface area contributed by atoms with E-state index in [-0.39, 0.29) is 17.6 Å². The Balaban J connectivity index is 2.21. The SMILES string of the molecule is C=CCn1c(SCC(=O)N[C@@](C)(C#N)C(C)C)nnc1-c1ccccc1OC. The summed E-state index contributed by atoms with van der Waals surface area (Å²) in [7, 11) is 1.61. The van der Waals surface area contributed by atoms with Gasteiger partial charge in [-0.25, -0.2) is 0 Å². The molecule has 7 nitrogen and oxygen atoms in total. The van der Waals surface area contributed by atoms with E-state index in [0.29, 0.717) is 23.3 Å². The van der Waals surface area contributed by atoms with E-state index in [1.165, 1.54) is 11.8 Å². The van der Waals surface area contributed by atoms with Gasteiger partial charge < -0.3 is 10.1 Å². The normalized spacial score (nSPS) is 12.9. The van der Waals surface area contributed by atoms with Gasteiger partial charge in [-0.05, 0) is 25.0 Å². The smallest absolute Gasteiger partial charge is 0.231 e. The predicted octanol–water partition coefficient (Wildman–Crippen LogP) is 3.29. The number of thioether (sulfide) groups is 1. The number of nitriles is 1. The van der Waals surface area contributed by atoms with Gasteiger partial charge in [-0.2, -0.15) is 5.26 Å². The molecule has 0 saturated heterocycles. The molecule has 0 radical (unpaired) electrons. The fraction of sp³-hybridized carbons (Fsp3) is 0.400. The lowest BCUT2D eigenvalue weighted by atomic mass is 9.90. The predicted molar refractivity (Wildman–Crippen MR) is 110 cm³/mol. The summed E-state index contributed by atoms with van der Waals surface area (Å²) in [4.78, 5) is 12.4. The maximum absolute atomic E-state index is 12.4. The van der Waals surface area contributed by atoms with Crippen molar-refractivity contribution in [3.63, 3.8) is 0 Å². The minimum absolute atomic E-state index is 0.00647. The summed E-state index contributed by atoms with van der Waals surface area (Å²) >= 11 is 1.27. The van der Waals surface area contributed by atoms with Crippen LogP contribution in [-0.4, -0.2) is 39.1 Å². The molecule has 0 aliphatic rings. The quantitative estimate of drug-likeness (QED) is 0.514. The lowest BCUT2D eigenvalue weighted by Crippen LogP contribution is -2.49. The van der Waals surface area contributed by atoms with Crippen LogP contribution < -0.4 is 10.1 Å². The molecule has 1 N–H and O–H groups in total. The number of nitrogens with zero attached hydrogens (tertiary/aromatic N) is 4. The molecule has 0 saturated carbocycles. The molecular weight excluding hydrogens is 374 g/mol. The van der Waals surface area contributed by atoms with Crippen LogP contribution in [0.5, 0.6) is 5.75 Å². The Hall–Kier alpha value is -2.79. The van der Waals surface area contributed by atoms with Crippen molar-refractivity contribution < 1.29 is 9.53 Å². The van der Waals surface area contributed by atoms with Gasteiger partial charge in [0.15, 0.2) is 11.0 Å². The molecule has 2 aromatic rings. The number of hydrogen-bond acceptors (Lipinski definition) is 6.